The summed E-state index contributed by atoms with van der Waals surface area (Å²) in [6.07, 6.45) is 2.59. The van der Waals surface area contributed by atoms with Crippen molar-refractivity contribution in [2.45, 2.75) is 32.7 Å². The average Bonchev–Trinajstić information content (AvgIpc) is 2.80. The average molecular weight is 308 g/mol. The number of aromatic nitrogens is 1. The lowest BCUT2D eigenvalue weighted by Gasteiger charge is -2.22. The van der Waals surface area contributed by atoms with E-state index < -0.39 is 6.03 Å². The number of para-hydroxylation sites is 1. The van der Waals surface area contributed by atoms with Gasteiger partial charge in [0.15, 0.2) is 0 Å². The van der Waals surface area contributed by atoms with Gasteiger partial charge in [-0.25, -0.2) is 4.79 Å². The van der Waals surface area contributed by atoms with Crippen LogP contribution in [0.1, 0.15) is 25.8 Å². The van der Waals surface area contributed by atoms with E-state index in [1.54, 1.807) is 13.8 Å². The third-order valence-corrected chi connectivity index (χ3v) is 3.70. The summed E-state index contributed by atoms with van der Waals surface area (Å²) in [4.78, 5) is 27.6. The summed E-state index contributed by atoms with van der Waals surface area (Å²) in [5.74, 6) is -0.270. The molecular formula is C15H18ClN3O2. The van der Waals surface area contributed by atoms with Crippen molar-refractivity contribution in [1.29, 1.82) is 0 Å². The molecule has 1 aromatic carbocycles. The number of H-pyrrole nitrogens is 1. The number of primary amides is 1. The van der Waals surface area contributed by atoms with Gasteiger partial charge in [0.2, 0.25) is 5.91 Å². The van der Waals surface area contributed by atoms with Crippen LogP contribution in [0.25, 0.3) is 10.9 Å². The number of carbonyl (C=O) groups is 2. The number of urea groups is 1. The molecule has 1 aromatic heterocycles. The maximum atomic E-state index is 12.1. The molecule has 0 saturated carbocycles. The molecule has 0 aliphatic rings. The molecule has 0 bridgehead atoms. The molecule has 6 heteroatoms. The number of aryl methyl sites for hydroxylation is 1. The number of nitrogens with one attached hydrogen (secondary N) is 1. The Hall–Kier alpha value is -2.01. The lowest BCUT2D eigenvalue weighted by molar-refractivity contribution is -0.129. The largest absolute Gasteiger partial charge is 0.360 e. The molecule has 3 N–H and O–H groups in total. The van der Waals surface area contributed by atoms with E-state index in [0.717, 1.165) is 21.4 Å². The Labute approximate surface area is 128 Å². The van der Waals surface area contributed by atoms with E-state index in [0.29, 0.717) is 11.4 Å². The van der Waals surface area contributed by atoms with Crippen LogP contribution in [0.5, 0.6) is 0 Å². The minimum atomic E-state index is -0.711. The molecule has 0 atom stereocenters. The highest BCUT2D eigenvalue weighted by atomic mass is 35.5. The van der Waals surface area contributed by atoms with Crippen LogP contribution in [0, 0.1) is 0 Å². The number of hydrogen-bond acceptors (Lipinski definition) is 2. The number of imide groups is 1. The van der Waals surface area contributed by atoms with Crippen LogP contribution >= 0.6 is 11.6 Å². The summed E-state index contributed by atoms with van der Waals surface area (Å²) in [6.45, 7) is 3.52. The summed E-state index contributed by atoms with van der Waals surface area (Å²) in [5, 5.41) is 1.64. The van der Waals surface area contributed by atoms with Gasteiger partial charge in [0, 0.05) is 24.0 Å². The highest BCUT2D eigenvalue weighted by molar-refractivity contribution is 6.35. The SMILES string of the molecule is CC(C)N(C(N)=O)C(=O)CCc1c[nH]c2c(Cl)cccc12. The Morgan fingerprint density at radius 2 is 2.10 bits per heavy atom. The smallest absolute Gasteiger partial charge is 0.321 e. The zero-order valence-electron chi connectivity index (χ0n) is 12.0. The van der Waals surface area contributed by atoms with Crippen LogP contribution in [0.2, 0.25) is 5.02 Å². The zero-order chi connectivity index (χ0) is 15.6. The zero-order valence-corrected chi connectivity index (χ0v) is 12.8. The van der Waals surface area contributed by atoms with Gasteiger partial charge >= 0.3 is 6.03 Å². The Kier molecular flexibility index (Phi) is 4.53. The Morgan fingerprint density at radius 1 is 1.38 bits per heavy atom. The highest BCUT2D eigenvalue weighted by Gasteiger charge is 2.22. The van der Waals surface area contributed by atoms with Crippen molar-refractivity contribution in [3.8, 4) is 0 Å². The summed E-state index contributed by atoms with van der Waals surface area (Å²) in [6, 6.07) is 4.67. The Balaban J connectivity index is 2.13. The number of halogens is 1. The molecule has 2 aromatic rings. The molecule has 0 aliphatic heterocycles. The number of hydrogen-bond donors (Lipinski definition) is 2. The van der Waals surface area contributed by atoms with Gasteiger partial charge in [-0.3, -0.25) is 9.69 Å². The molecule has 1 heterocycles. The van der Waals surface area contributed by atoms with Gasteiger partial charge in [0.25, 0.3) is 0 Å². The van der Waals surface area contributed by atoms with Gasteiger partial charge in [-0.1, -0.05) is 23.7 Å². The number of rotatable bonds is 4. The molecule has 0 fully saturated rings. The van der Waals surface area contributed by atoms with Gasteiger partial charge in [-0.2, -0.15) is 0 Å². The summed E-state index contributed by atoms with van der Waals surface area (Å²) in [5.41, 5.74) is 7.09. The van der Waals surface area contributed by atoms with Crippen LogP contribution in [-0.4, -0.2) is 27.9 Å². The first kappa shape index (κ1) is 15.4. The second-order valence-electron chi connectivity index (χ2n) is 5.17. The molecule has 112 valence electrons. The van der Waals surface area contributed by atoms with Gasteiger partial charge in [-0.15, -0.1) is 0 Å². The third-order valence-electron chi connectivity index (χ3n) is 3.38. The minimum absolute atomic E-state index is 0.223. The summed E-state index contributed by atoms with van der Waals surface area (Å²) >= 11 is 6.10. The molecule has 0 aliphatic carbocycles. The van der Waals surface area contributed by atoms with Crippen molar-refractivity contribution in [3.05, 3.63) is 35.0 Å². The maximum absolute atomic E-state index is 12.1. The monoisotopic (exact) mass is 307 g/mol. The van der Waals surface area contributed by atoms with Gasteiger partial charge in [0.1, 0.15) is 0 Å². The topological polar surface area (TPSA) is 79.2 Å². The molecule has 2 rings (SSSR count). The van der Waals surface area contributed by atoms with E-state index in [4.69, 9.17) is 17.3 Å². The fourth-order valence-electron chi connectivity index (χ4n) is 2.41. The quantitative estimate of drug-likeness (QED) is 0.910. The first-order chi connectivity index (χ1) is 9.91. The van der Waals surface area contributed by atoms with E-state index in [2.05, 4.69) is 4.98 Å². The van der Waals surface area contributed by atoms with E-state index in [9.17, 15) is 9.59 Å². The number of nitrogens with zero attached hydrogens (tertiary/aromatic N) is 1. The van der Waals surface area contributed by atoms with Gasteiger partial charge < -0.3 is 10.7 Å². The number of aromatic amines is 1. The van der Waals surface area contributed by atoms with Crippen LogP contribution in [0.15, 0.2) is 24.4 Å². The van der Waals surface area contributed by atoms with Crippen molar-refractivity contribution in [2.75, 3.05) is 0 Å². The second kappa shape index (κ2) is 6.18. The predicted octanol–water partition coefficient (Wildman–Crippen LogP) is 3.07. The molecule has 0 unspecified atom stereocenters. The third kappa shape index (κ3) is 3.19. The number of carbonyl (C=O) groups excluding carboxylic acids is 2. The number of nitrogens with two attached hydrogens (primary N) is 1. The molecule has 0 spiro atoms. The molecule has 3 amide bonds. The van der Waals surface area contributed by atoms with Crippen molar-refractivity contribution in [2.24, 2.45) is 5.73 Å². The van der Waals surface area contributed by atoms with Crippen LogP contribution in [0.3, 0.4) is 0 Å². The lowest BCUT2D eigenvalue weighted by atomic mass is 10.1. The summed E-state index contributed by atoms with van der Waals surface area (Å²) in [7, 11) is 0. The number of benzene rings is 1. The van der Waals surface area contributed by atoms with E-state index in [1.807, 2.05) is 24.4 Å². The lowest BCUT2D eigenvalue weighted by Crippen LogP contribution is -2.45. The van der Waals surface area contributed by atoms with E-state index >= 15 is 0 Å². The maximum Gasteiger partial charge on any atom is 0.321 e. The molecule has 0 radical (unpaired) electrons. The minimum Gasteiger partial charge on any atom is -0.360 e. The first-order valence-electron chi connectivity index (χ1n) is 6.77. The van der Waals surface area contributed by atoms with E-state index in [-0.39, 0.29) is 18.4 Å². The van der Waals surface area contributed by atoms with Crippen molar-refractivity contribution < 1.29 is 9.59 Å². The van der Waals surface area contributed by atoms with Crippen molar-refractivity contribution in [3.63, 3.8) is 0 Å². The second-order valence-corrected chi connectivity index (χ2v) is 5.58. The standard InChI is InChI=1S/C15H18ClN3O2/c1-9(2)19(15(17)21)13(20)7-6-10-8-18-14-11(10)4-3-5-12(14)16/h3-5,8-9,18H,6-7H2,1-2H3,(H2,17,21). The fourth-order valence-corrected chi connectivity index (χ4v) is 2.64. The van der Waals surface area contributed by atoms with Gasteiger partial charge in [-0.05, 0) is 31.9 Å². The number of amides is 3. The van der Waals surface area contributed by atoms with Crippen molar-refractivity contribution >= 4 is 34.4 Å². The molecule has 5 nitrogen and oxygen atoms in total. The fraction of sp³-hybridized carbons (Fsp3) is 0.333. The Bertz CT molecular complexity index is 679. The normalized spacial score (nSPS) is 11.0. The molecular weight excluding hydrogens is 290 g/mol. The van der Waals surface area contributed by atoms with Crippen LogP contribution < -0.4 is 5.73 Å². The predicted molar refractivity (Wildman–Crippen MR) is 83.2 cm³/mol. The number of fused-ring (bicyclic) bond motifs is 1. The van der Waals surface area contributed by atoms with Crippen LogP contribution in [0.4, 0.5) is 4.79 Å². The highest BCUT2D eigenvalue weighted by Crippen LogP contribution is 2.26. The van der Waals surface area contributed by atoms with Crippen LogP contribution in [-0.2, 0) is 11.2 Å². The van der Waals surface area contributed by atoms with E-state index in [1.165, 1.54) is 0 Å². The molecule has 21 heavy (non-hydrogen) atoms. The molecule has 0 saturated heterocycles. The Morgan fingerprint density at radius 3 is 2.71 bits per heavy atom. The van der Waals surface area contributed by atoms with Gasteiger partial charge in [0.05, 0.1) is 10.5 Å². The first-order valence-corrected chi connectivity index (χ1v) is 7.15. The summed E-state index contributed by atoms with van der Waals surface area (Å²) < 4.78 is 0. The van der Waals surface area contributed by atoms with Crippen molar-refractivity contribution in [1.82, 2.24) is 9.88 Å².